The molecular formula is C15H10FN3O5. The first kappa shape index (κ1) is 15.4. The van der Waals surface area contributed by atoms with E-state index in [2.05, 4.69) is 14.9 Å². The molecule has 0 aliphatic carbocycles. The smallest absolute Gasteiger partial charge is 0.341 e. The molecule has 0 fully saturated rings. The Morgan fingerprint density at radius 1 is 1.29 bits per heavy atom. The number of pyridine rings is 1. The lowest BCUT2D eigenvalue weighted by molar-refractivity contribution is 0.0599. The van der Waals surface area contributed by atoms with Crippen LogP contribution in [0.5, 0.6) is 0 Å². The number of carbonyl (C=O) groups excluding carboxylic acids is 1. The Bertz CT molecular complexity index is 991. The summed E-state index contributed by atoms with van der Waals surface area (Å²) in [5, 5.41) is 15.0. The van der Waals surface area contributed by atoms with Crippen LogP contribution in [0.3, 0.4) is 0 Å². The lowest BCUT2D eigenvalue weighted by Gasteiger charge is -2.12. The standard InChI is InChI=1S/C15H10FN3O5/c1-24-15(23)10-6-19(5-9-12(10)17-18-13(9)20)7-2-3-11(16)8(4-7)14(21)22/h2-6H,1H3,(H,18,20)(H,21,22). The molecule has 2 aliphatic rings. The van der Waals surface area contributed by atoms with Crippen molar-refractivity contribution in [2.45, 2.75) is 0 Å². The van der Waals surface area contributed by atoms with Crippen LogP contribution in [0.15, 0.2) is 35.4 Å². The van der Waals surface area contributed by atoms with Crippen molar-refractivity contribution >= 4 is 11.9 Å². The van der Waals surface area contributed by atoms with E-state index in [9.17, 15) is 18.8 Å². The van der Waals surface area contributed by atoms with Crippen molar-refractivity contribution in [3.05, 3.63) is 57.9 Å². The maximum absolute atomic E-state index is 13.5. The normalized spacial score (nSPS) is 10.8. The molecule has 2 N–H and O–H groups in total. The summed E-state index contributed by atoms with van der Waals surface area (Å²) < 4.78 is 19.5. The van der Waals surface area contributed by atoms with Crippen LogP contribution in [0.2, 0.25) is 0 Å². The second kappa shape index (κ2) is 5.61. The summed E-state index contributed by atoms with van der Waals surface area (Å²) in [4.78, 5) is 34.8. The zero-order valence-electron chi connectivity index (χ0n) is 12.2. The van der Waals surface area contributed by atoms with Crippen LogP contribution in [0.25, 0.3) is 16.9 Å². The van der Waals surface area contributed by atoms with Gasteiger partial charge in [-0.2, -0.15) is 5.10 Å². The number of aromatic nitrogens is 3. The fourth-order valence-corrected chi connectivity index (χ4v) is 2.28. The number of hydrogen-bond acceptors (Lipinski definition) is 5. The number of carboxylic acids is 1. The van der Waals surface area contributed by atoms with Gasteiger partial charge in [0.05, 0.1) is 18.2 Å². The van der Waals surface area contributed by atoms with Crippen LogP contribution >= 0.6 is 0 Å². The molecule has 0 saturated heterocycles. The number of carbonyl (C=O) groups is 2. The summed E-state index contributed by atoms with van der Waals surface area (Å²) in [6.45, 7) is 0. The highest BCUT2D eigenvalue weighted by Gasteiger charge is 2.22. The van der Waals surface area contributed by atoms with Gasteiger partial charge in [0, 0.05) is 18.1 Å². The number of fused-ring (bicyclic) bond motifs is 1. The topological polar surface area (TPSA) is 114 Å². The predicted molar refractivity (Wildman–Crippen MR) is 79.1 cm³/mol. The Kier molecular flexibility index (Phi) is 3.60. The van der Waals surface area contributed by atoms with Gasteiger partial charge in [0.1, 0.15) is 17.1 Å². The molecule has 2 aliphatic heterocycles. The van der Waals surface area contributed by atoms with Gasteiger partial charge in [0.15, 0.2) is 0 Å². The minimum atomic E-state index is -1.43. The molecule has 9 heteroatoms. The quantitative estimate of drug-likeness (QED) is 0.699. The zero-order chi connectivity index (χ0) is 17.4. The molecule has 0 unspecified atom stereocenters. The van der Waals surface area contributed by atoms with E-state index in [0.717, 1.165) is 12.1 Å². The second-order valence-corrected chi connectivity index (χ2v) is 4.86. The van der Waals surface area contributed by atoms with E-state index in [4.69, 9.17) is 5.11 Å². The van der Waals surface area contributed by atoms with Crippen molar-refractivity contribution in [3.8, 4) is 16.9 Å². The van der Waals surface area contributed by atoms with Crippen molar-refractivity contribution in [1.82, 2.24) is 14.8 Å². The Balaban J connectivity index is 2.27. The molecule has 24 heavy (non-hydrogen) atoms. The van der Waals surface area contributed by atoms with Crippen molar-refractivity contribution < 1.29 is 23.8 Å². The summed E-state index contributed by atoms with van der Waals surface area (Å²) >= 11 is 0. The molecule has 0 atom stereocenters. The predicted octanol–water partition coefficient (Wildman–Crippen LogP) is 1.29. The third kappa shape index (κ3) is 2.41. The number of halogens is 1. The lowest BCUT2D eigenvalue weighted by atomic mass is 10.1. The number of methoxy groups -OCH3 is 1. The molecule has 0 bridgehead atoms. The van der Waals surface area contributed by atoms with E-state index in [0.29, 0.717) is 0 Å². The highest BCUT2D eigenvalue weighted by molar-refractivity contribution is 5.96. The minimum absolute atomic E-state index is 0.00884. The number of nitrogens with zero attached hydrogens (tertiary/aromatic N) is 2. The lowest BCUT2D eigenvalue weighted by Crippen LogP contribution is -2.12. The van der Waals surface area contributed by atoms with Crippen LogP contribution in [0.4, 0.5) is 4.39 Å². The van der Waals surface area contributed by atoms with Crippen molar-refractivity contribution in [2.24, 2.45) is 0 Å². The van der Waals surface area contributed by atoms with Crippen molar-refractivity contribution in [2.75, 3.05) is 7.11 Å². The highest BCUT2D eigenvalue weighted by Crippen LogP contribution is 2.23. The summed E-state index contributed by atoms with van der Waals surface area (Å²) in [6, 6.07) is 3.40. The number of rotatable bonds is 3. The second-order valence-electron chi connectivity index (χ2n) is 4.86. The van der Waals surface area contributed by atoms with Crippen LogP contribution in [0, 0.1) is 5.82 Å². The fraction of sp³-hybridized carbons (Fsp3) is 0.0667. The molecule has 122 valence electrons. The number of carboxylic acid groups (broad SMARTS) is 1. The van der Waals surface area contributed by atoms with E-state index < -0.39 is 28.9 Å². The van der Waals surface area contributed by atoms with Gasteiger partial charge in [-0.15, -0.1) is 0 Å². The average Bonchev–Trinajstić information content (AvgIpc) is 2.94. The van der Waals surface area contributed by atoms with Crippen LogP contribution in [0.1, 0.15) is 20.7 Å². The van der Waals surface area contributed by atoms with E-state index in [-0.39, 0.29) is 22.5 Å². The monoisotopic (exact) mass is 331 g/mol. The average molecular weight is 331 g/mol. The van der Waals surface area contributed by atoms with E-state index in [1.54, 1.807) is 0 Å². The maximum atomic E-state index is 13.5. The molecule has 0 spiro atoms. The van der Waals surface area contributed by atoms with Gasteiger partial charge in [-0.25, -0.2) is 19.1 Å². The van der Waals surface area contributed by atoms with Crippen molar-refractivity contribution in [1.29, 1.82) is 0 Å². The molecule has 0 aromatic heterocycles. The Labute approximate surface area is 133 Å². The number of H-pyrrole nitrogens is 1. The number of nitrogens with one attached hydrogen (secondary N) is 1. The molecule has 1 aromatic rings. The SMILES string of the molecule is COC(=O)c1cn(-c2ccc(F)c(C(=O)O)c2)cc2c(=O)[nH]nc1-2. The van der Waals surface area contributed by atoms with Crippen LogP contribution < -0.4 is 5.56 Å². The van der Waals surface area contributed by atoms with Gasteiger partial charge in [-0.05, 0) is 18.2 Å². The molecular weight excluding hydrogens is 321 g/mol. The fourth-order valence-electron chi connectivity index (χ4n) is 2.28. The van der Waals surface area contributed by atoms with Crippen LogP contribution in [-0.4, -0.2) is 38.9 Å². The third-order valence-corrected chi connectivity index (χ3v) is 3.44. The van der Waals surface area contributed by atoms with Gasteiger partial charge >= 0.3 is 11.9 Å². The Hall–Kier alpha value is -3.49. The zero-order valence-corrected chi connectivity index (χ0v) is 12.2. The largest absolute Gasteiger partial charge is 0.478 e. The van der Waals surface area contributed by atoms with Crippen LogP contribution in [-0.2, 0) is 4.74 Å². The number of hydrogen-bond donors (Lipinski definition) is 2. The number of aromatic carboxylic acids is 1. The molecule has 2 heterocycles. The molecule has 0 radical (unpaired) electrons. The first-order valence-corrected chi connectivity index (χ1v) is 6.64. The number of esters is 1. The van der Waals surface area contributed by atoms with Gasteiger partial charge in [0.25, 0.3) is 5.56 Å². The summed E-state index contributed by atoms with van der Waals surface area (Å²) in [6.07, 6.45) is 2.69. The van der Waals surface area contributed by atoms with E-state index in [1.165, 1.54) is 30.1 Å². The van der Waals surface area contributed by atoms with Gasteiger partial charge in [-0.3, -0.25) is 4.79 Å². The third-order valence-electron chi connectivity index (χ3n) is 3.44. The van der Waals surface area contributed by atoms with Gasteiger partial charge in [0.2, 0.25) is 0 Å². The van der Waals surface area contributed by atoms with Gasteiger partial charge in [-0.1, -0.05) is 0 Å². The first-order chi connectivity index (χ1) is 11.4. The number of ether oxygens (including phenoxy) is 1. The molecule has 1 aromatic carbocycles. The molecule has 0 amide bonds. The molecule has 3 rings (SSSR count). The van der Waals surface area contributed by atoms with Crippen molar-refractivity contribution in [3.63, 3.8) is 0 Å². The Morgan fingerprint density at radius 2 is 2.04 bits per heavy atom. The number of aromatic amines is 1. The van der Waals surface area contributed by atoms with E-state index >= 15 is 0 Å². The summed E-state index contributed by atoms with van der Waals surface area (Å²) in [5.74, 6) is -3.05. The highest BCUT2D eigenvalue weighted by atomic mass is 19.1. The summed E-state index contributed by atoms with van der Waals surface area (Å²) in [5.41, 5.74) is -0.557. The van der Waals surface area contributed by atoms with E-state index in [1.807, 2.05) is 0 Å². The van der Waals surface area contributed by atoms with Gasteiger partial charge < -0.3 is 14.4 Å². The molecule has 8 nitrogen and oxygen atoms in total. The first-order valence-electron chi connectivity index (χ1n) is 6.64. The summed E-state index contributed by atoms with van der Waals surface area (Å²) in [7, 11) is 1.18. The maximum Gasteiger partial charge on any atom is 0.341 e. The Morgan fingerprint density at radius 3 is 2.71 bits per heavy atom. The minimum Gasteiger partial charge on any atom is -0.478 e. The molecule has 0 saturated carbocycles. The number of benzene rings is 1.